The van der Waals surface area contributed by atoms with Gasteiger partial charge in [0.1, 0.15) is 0 Å². The van der Waals surface area contributed by atoms with E-state index in [1.54, 1.807) is 6.07 Å². The van der Waals surface area contributed by atoms with E-state index in [2.05, 4.69) is 0 Å². The molecule has 0 saturated carbocycles. The van der Waals surface area contributed by atoms with Gasteiger partial charge in [0.25, 0.3) is 0 Å². The van der Waals surface area contributed by atoms with Gasteiger partial charge in [-0.25, -0.2) is 0 Å². The van der Waals surface area contributed by atoms with Crippen LogP contribution in [0.25, 0.3) is 0 Å². The van der Waals surface area contributed by atoms with Crippen molar-refractivity contribution >= 4 is 57.8 Å². The van der Waals surface area contributed by atoms with Gasteiger partial charge in [0, 0.05) is 11.8 Å². The maximum absolute atomic E-state index is 6.12. The molecule has 0 aliphatic carbocycles. The van der Waals surface area contributed by atoms with Crippen LogP contribution in [-0.4, -0.2) is 5.88 Å². The summed E-state index contributed by atoms with van der Waals surface area (Å²) < 4.78 is 0. The Balaban J connectivity index is 2.50. The van der Waals surface area contributed by atoms with E-state index in [1.165, 1.54) is 0 Å². The molecule has 0 radical (unpaired) electrons. The third-order valence-corrected chi connectivity index (χ3v) is 4.50. The van der Waals surface area contributed by atoms with Crippen molar-refractivity contribution in [2.45, 2.75) is 12.3 Å². The van der Waals surface area contributed by atoms with E-state index >= 15 is 0 Å². The van der Waals surface area contributed by atoms with Crippen molar-refractivity contribution < 1.29 is 0 Å². The zero-order valence-corrected chi connectivity index (χ0v) is 14.1. The van der Waals surface area contributed by atoms with Crippen LogP contribution in [-0.2, 0) is 0 Å². The Kier molecular flexibility index (Phi) is 5.50. The normalized spacial score (nSPS) is 12.4. The number of nitrogens with two attached hydrogens (primary N) is 2. The van der Waals surface area contributed by atoms with Gasteiger partial charge in [0.05, 0.1) is 26.4 Å². The highest BCUT2D eigenvalue weighted by Crippen LogP contribution is 2.37. The number of hydrogen-bond donors (Lipinski definition) is 2. The number of benzene rings is 2. The number of rotatable bonds is 4. The summed E-state index contributed by atoms with van der Waals surface area (Å²) in [6.45, 7) is 0. The molecular weight excluding hydrogens is 350 g/mol. The summed E-state index contributed by atoms with van der Waals surface area (Å²) >= 11 is 24.3. The molecule has 0 saturated heterocycles. The summed E-state index contributed by atoms with van der Waals surface area (Å²) in [6.07, 6.45) is 0.721. The highest BCUT2D eigenvalue weighted by atomic mass is 35.5. The lowest BCUT2D eigenvalue weighted by Crippen LogP contribution is -2.04. The molecular formula is C15H14Cl4N2. The van der Waals surface area contributed by atoms with Gasteiger partial charge in [-0.1, -0.05) is 40.9 Å². The van der Waals surface area contributed by atoms with E-state index in [1.807, 2.05) is 24.3 Å². The lowest BCUT2D eigenvalue weighted by Gasteiger charge is -2.19. The van der Waals surface area contributed by atoms with Crippen LogP contribution < -0.4 is 11.5 Å². The molecule has 21 heavy (non-hydrogen) atoms. The topological polar surface area (TPSA) is 52.0 Å². The van der Waals surface area contributed by atoms with E-state index in [0.29, 0.717) is 32.3 Å². The van der Waals surface area contributed by atoms with Crippen LogP contribution in [0.4, 0.5) is 11.4 Å². The maximum atomic E-state index is 6.12. The van der Waals surface area contributed by atoms with Crippen LogP contribution in [0.2, 0.25) is 15.1 Å². The van der Waals surface area contributed by atoms with Crippen molar-refractivity contribution in [1.82, 2.24) is 0 Å². The molecule has 0 amide bonds. The Labute approximate surface area is 143 Å². The van der Waals surface area contributed by atoms with E-state index in [9.17, 15) is 0 Å². The van der Waals surface area contributed by atoms with Crippen LogP contribution >= 0.6 is 46.4 Å². The molecule has 0 aliphatic heterocycles. The predicted octanol–water partition coefficient (Wildman–Crippen LogP) is 5.57. The summed E-state index contributed by atoms with van der Waals surface area (Å²) in [4.78, 5) is 0. The first kappa shape index (κ1) is 16.6. The first-order valence-electron chi connectivity index (χ1n) is 6.29. The van der Waals surface area contributed by atoms with Crippen molar-refractivity contribution in [3.05, 3.63) is 56.5 Å². The standard InChI is InChI=1S/C15H14Cl4N2/c16-4-3-10(8-1-2-14(20)11(17)5-8)9-6-12(18)15(21)13(19)7-9/h1-2,5-7,10H,3-4,20-21H2. The fourth-order valence-electron chi connectivity index (χ4n) is 2.20. The Morgan fingerprint density at radius 1 is 0.857 bits per heavy atom. The van der Waals surface area contributed by atoms with Crippen molar-refractivity contribution in [1.29, 1.82) is 0 Å². The average Bonchev–Trinajstić information content (AvgIpc) is 2.45. The Bertz CT molecular complexity index is 635. The van der Waals surface area contributed by atoms with E-state index in [4.69, 9.17) is 57.9 Å². The zero-order chi connectivity index (χ0) is 15.6. The highest BCUT2D eigenvalue weighted by molar-refractivity contribution is 6.39. The molecule has 2 aromatic rings. The summed E-state index contributed by atoms with van der Waals surface area (Å²) in [5.74, 6) is 0.517. The van der Waals surface area contributed by atoms with Crippen LogP contribution in [0.3, 0.4) is 0 Å². The second-order valence-electron chi connectivity index (χ2n) is 4.71. The SMILES string of the molecule is Nc1ccc(C(CCCl)c2cc(Cl)c(N)c(Cl)c2)cc1Cl. The summed E-state index contributed by atoms with van der Waals surface area (Å²) in [6, 6.07) is 9.16. The largest absolute Gasteiger partial charge is 0.398 e. The molecule has 2 rings (SSSR count). The molecule has 0 fully saturated rings. The Morgan fingerprint density at radius 3 is 1.95 bits per heavy atom. The van der Waals surface area contributed by atoms with Crippen molar-refractivity contribution in [2.24, 2.45) is 0 Å². The van der Waals surface area contributed by atoms with Crippen LogP contribution in [0.15, 0.2) is 30.3 Å². The summed E-state index contributed by atoms with van der Waals surface area (Å²) in [5.41, 5.74) is 14.4. The quantitative estimate of drug-likeness (QED) is 0.550. The summed E-state index contributed by atoms with van der Waals surface area (Å²) in [7, 11) is 0. The molecule has 0 aromatic heterocycles. The average molecular weight is 364 g/mol. The number of hydrogen-bond acceptors (Lipinski definition) is 2. The number of anilines is 2. The molecule has 1 atom stereocenters. The van der Waals surface area contributed by atoms with Gasteiger partial charge < -0.3 is 11.5 Å². The molecule has 6 heteroatoms. The molecule has 0 spiro atoms. The third-order valence-electron chi connectivity index (χ3n) is 3.33. The van der Waals surface area contributed by atoms with Gasteiger partial charge in [0.2, 0.25) is 0 Å². The van der Waals surface area contributed by atoms with Gasteiger partial charge in [-0.15, -0.1) is 11.6 Å². The molecule has 0 bridgehead atoms. The monoisotopic (exact) mass is 362 g/mol. The smallest absolute Gasteiger partial charge is 0.0693 e. The van der Waals surface area contributed by atoms with Crippen molar-refractivity contribution in [3.63, 3.8) is 0 Å². The van der Waals surface area contributed by atoms with Gasteiger partial charge >= 0.3 is 0 Å². The second kappa shape index (κ2) is 6.97. The first-order valence-corrected chi connectivity index (χ1v) is 7.96. The Morgan fingerprint density at radius 2 is 1.43 bits per heavy atom. The zero-order valence-electron chi connectivity index (χ0n) is 11.0. The molecule has 0 aliphatic rings. The number of nitrogen functional groups attached to an aromatic ring is 2. The van der Waals surface area contributed by atoms with Crippen molar-refractivity contribution in [2.75, 3.05) is 17.3 Å². The molecule has 2 aromatic carbocycles. The minimum Gasteiger partial charge on any atom is -0.398 e. The van der Waals surface area contributed by atoms with Gasteiger partial charge in [0.15, 0.2) is 0 Å². The second-order valence-corrected chi connectivity index (χ2v) is 6.31. The lowest BCUT2D eigenvalue weighted by molar-refractivity contribution is 0.783. The lowest BCUT2D eigenvalue weighted by atomic mass is 9.89. The van der Waals surface area contributed by atoms with E-state index in [0.717, 1.165) is 17.5 Å². The van der Waals surface area contributed by atoms with Gasteiger partial charge in [-0.05, 0) is 41.8 Å². The fourth-order valence-corrected chi connectivity index (χ4v) is 3.11. The first-order chi connectivity index (χ1) is 9.93. The third kappa shape index (κ3) is 3.70. The Hall–Kier alpha value is -0.800. The van der Waals surface area contributed by atoms with Gasteiger partial charge in [-0.3, -0.25) is 0 Å². The number of halogens is 4. The van der Waals surface area contributed by atoms with E-state index in [-0.39, 0.29) is 5.92 Å². The van der Waals surface area contributed by atoms with Crippen LogP contribution in [0, 0.1) is 0 Å². The predicted molar refractivity (Wildman–Crippen MR) is 93.9 cm³/mol. The fraction of sp³-hybridized carbons (Fsp3) is 0.200. The van der Waals surface area contributed by atoms with Crippen LogP contribution in [0.5, 0.6) is 0 Å². The molecule has 4 N–H and O–H groups in total. The number of alkyl halides is 1. The minimum absolute atomic E-state index is 0.0243. The molecule has 1 unspecified atom stereocenters. The van der Waals surface area contributed by atoms with Gasteiger partial charge in [-0.2, -0.15) is 0 Å². The molecule has 112 valence electrons. The maximum Gasteiger partial charge on any atom is 0.0693 e. The summed E-state index contributed by atoms with van der Waals surface area (Å²) in [5, 5.41) is 1.37. The molecule has 0 heterocycles. The molecule has 2 nitrogen and oxygen atoms in total. The highest BCUT2D eigenvalue weighted by Gasteiger charge is 2.17. The van der Waals surface area contributed by atoms with Crippen LogP contribution in [0.1, 0.15) is 23.5 Å². The van der Waals surface area contributed by atoms with Crippen molar-refractivity contribution in [3.8, 4) is 0 Å². The minimum atomic E-state index is 0.0243. The van der Waals surface area contributed by atoms with E-state index < -0.39 is 0 Å².